The number of hydrogen-bond acceptors (Lipinski definition) is 4. The predicted molar refractivity (Wildman–Crippen MR) is 83.4 cm³/mol. The first kappa shape index (κ1) is 15.8. The van der Waals surface area contributed by atoms with E-state index < -0.39 is 10.0 Å². The van der Waals surface area contributed by atoms with Crippen molar-refractivity contribution in [2.75, 3.05) is 0 Å². The van der Waals surface area contributed by atoms with E-state index in [1.807, 2.05) is 6.92 Å². The Labute approximate surface area is 132 Å². The van der Waals surface area contributed by atoms with E-state index in [4.69, 9.17) is 23.2 Å². The van der Waals surface area contributed by atoms with E-state index in [0.717, 1.165) is 5.56 Å². The molecule has 2 aromatic rings. The van der Waals surface area contributed by atoms with Gasteiger partial charge < -0.3 is 0 Å². The Hall–Kier alpha value is -1.63. The number of aryl methyl sites for hydroxylation is 1. The Kier molecular flexibility index (Phi) is 4.82. The molecule has 21 heavy (non-hydrogen) atoms. The summed E-state index contributed by atoms with van der Waals surface area (Å²) in [5.74, 6) is 0. The van der Waals surface area contributed by atoms with Gasteiger partial charge in [0.1, 0.15) is 10.3 Å². The second-order valence-electron chi connectivity index (χ2n) is 4.18. The van der Waals surface area contributed by atoms with Gasteiger partial charge in [-0.2, -0.15) is 13.5 Å². The van der Waals surface area contributed by atoms with Gasteiger partial charge in [0.2, 0.25) is 0 Å². The quantitative estimate of drug-likeness (QED) is 0.526. The summed E-state index contributed by atoms with van der Waals surface area (Å²) in [5, 5.41) is 4.06. The number of nitrogens with one attached hydrogen (secondary N) is 1. The Morgan fingerprint density at radius 1 is 1.14 bits per heavy atom. The molecule has 1 aromatic heterocycles. The molecule has 2 rings (SSSR count). The molecular weight excluding hydrogens is 333 g/mol. The topological polar surface area (TPSA) is 71.4 Å². The molecule has 8 heteroatoms. The monoisotopic (exact) mass is 343 g/mol. The van der Waals surface area contributed by atoms with Crippen LogP contribution in [-0.4, -0.2) is 19.6 Å². The van der Waals surface area contributed by atoms with Crippen LogP contribution < -0.4 is 4.83 Å². The third kappa shape index (κ3) is 4.17. The number of hydrogen-bond donors (Lipinski definition) is 1. The summed E-state index contributed by atoms with van der Waals surface area (Å²) in [6.45, 7) is 1.87. The van der Waals surface area contributed by atoms with Gasteiger partial charge in [0.15, 0.2) is 0 Å². The number of pyridine rings is 1. The van der Waals surface area contributed by atoms with E-state index in [1.54, 1.807) is 18.2 Å². The number of hydrazone groups is 1. The minimum Gasteiger partial charge on any atom is -0.224 e. The number of halogens is 2. The van der Waals surface area contributed by atoms with E-state index in [-0.39, 0.29) is 15.2 Å². The van der Waals surface area contributed by atoms with E-state index in [2.05, 4.69) is 14.9 Å². The molecule has 0 atom stereocenters. The van der Waals surface area contributed by atoms with E-state index >= 15 is 0 Å². The number of benzene rings is 1. The van der Waals surface area contributed by atoms with Crippen molar-refractivity contribution in [2.45, 2.75) is 11.8 Å². The zero-order chi connectivity index (χ0) is 15.5. The molecular formula is C13H11Cl2N3O2S. The second-order valence-corrected chi connectivity index (χ2v) is 6.59. The van der Waals surface area contributed by atoms with Gasteiger partial charge in [-0.25, -0.2) is 9.82 Å². The lowest BCUT2D eigenvalue weighted by atomic mass is 10.2. The lowest BCUT2D eigenvalue weighted by Crippen LogP contribution is -2.18. The summed E-state index contributed by atoms with van der Waals surface area (Å²) in [7, 11) is -3.71. The van der Waals surface area contributed by atoms with Crippen molar-refractivity contribution in [3.8, 4) is 0 Å². The molecule has 1 heterocycles. The third-order valence-corrected chi connectivity index (χ3v) is 4.30. The summed E-state index contributed by atoms with van der Waals surface area (Å²) >= 11 is 11.5. The fourth-order valence-electron chi connectivity index (χ4n) is 1.45. The van der Waals surface area contributed by atoms with E-state index in [0.29, 0.717) is 5.56 Å². The van der Waals surface area contributed by atoms with E-state index in [9.17, 15) is 8.42 Å². The van der Waals surface area contributed by atoms with Gasteiger partial charge in [-0.05, 0) is 31.2 Å². The number of rotatable bonds is 4. The largest absolute Gasteiger partial charge is 0.276 e. The molecule has 1 N–H and O–H groups in total. The molecule has 0 aliphatic carbocycles. The van der Waals surface area contributed by atoms with Crippen LogP contribution in [0.4, 0.5) is 0 Å². The van der Waals surface area contributed by atoms with Crippen molar-refractivity contribution in [1.29, 1.82) is 0 Å². The predicted octanol–water partition coefficient (Wildman–Crippen LogP) is 3.01. The maximum atomic E-state index is 12.0. The molecule has 0 fully saturated rings. The maximum Gasteiger partial charge on any atom is 0.276 e. The molecule has 0 spiro atoms. The number of aromatic nitrogens is 1. The van der Waals surface area contributed by atoms with Gasteiger partial charge in [-0.15, -0.1) is 0 Å². The Morgan fingerprint density at radius 2 is 1.81 bits per heavy atom. The highest BCUT2D eigenvalue weighted by molar-refractivity contribution is 7.89. The Bertz CT molecular complexity index is 775. The van der Waals surface area contributed by atoms with Gasteiger partial charge >= 0.3 is 0 Å². The normalized spacial score (nSPS) is 11.8. The van der Waals surface area contributed by atoms with Crippen LogP contribution in [0.2, 0.25) is 10.3 Å². The molecule has 0 radical (unpaired) electrons. The SMILES string of the molecule is Cc1ccc(S(=O)(=O)N/N=C/c2ccc(Cl)nc2Cl)cc1. The summed E-state index contributed by atoms with van der Waals surface area (Å²) in [6.07, 6.45) is 1.26. The molecule has 0 unspecified atom stereocenters. The van der Waals surface area contributed by atoms with Crippen LogP contribution >= 0.6 is 23.2 Å². The standard InChI is InChI=1S/C13H11Cl2N3O2S/c1-9-2-5-11(6-3-9)21(19,20)18-16-8-10-4-7-12(14)17-13(10)15/h2-8,18H,1H3/b16-8+. The smallest absolute Gasteiger partial charge is 0.224 e. The van der Waals surface area contributed by atoms with Crippen molar-refractivity contribution in [2.24, 2.45) is 5.10 Å². The fourth-order valence-corrected chi connectivity index (χ4v) is 2.64. The van der Waals surface area contributed by atoms with Crippen LogP contribution in [0.3, 0.4) is 0 Å². The minimum absolute atomic E-state index is 0.130. The first-order chi connectivity index (χ1) is 9.88. The van der Waals surface area contributed by atoms with Crippen LogP contribution in [0.1, 0.15) is 11.1 Å². The average Bonchev–Trinajstić information content (AvgIpc) is 2.41. The molecule has 0 bridgehead atoms. The molecule has 0 aliphatic heterocycles. The highest BCUT2D eigenvalue weighted by atomic mass is 35.5. The van der Waals surface area contributed by atoms with Crippen LogP contribution in [-0.2, 0) is 10.0 Å². The van der Waals surface area contributed by atoms with Gasteiger partial charge in [0.25, 0.3) is 10.0 Å². The van der Waals surface area contributed by atoms with Crippen molar-refractivity contribution in [1.82, 2.24) is 9.82 Å². The van der Waals surface area contributed by atoms with Crippen molar-refractivity contribution < 1.29 is 8.42 Å². The summed E-state index contributed by atoms with van der Waals surface area (Å²) in [4.78, 5) is 6.06. The van der Waals surface area contributed by atoms with Crippen LogP contribution in [0.15, 0.2) is 46.4 Å². The van der Waals surface area contributed by atoms with Crippen molar-refractivity contribution in [3.63, 3.8) is 0 Å². The third-order valence-electron chi connectivity index (χ3n) is 2.55. The summed E-state index contributed by atoms with van der Waals surface area (Å²) in [5.41, 5.74) is 1.42. The minimum atomic E-state index is -3.71. The fraction of sp³-hybridized carbons (Fsp3) is 0.0769. The highest BCUT2D eigenvalue weighted by Crippen LogP contribution is 2.15. The first-order valence-electron chi connectivity index (χ1n) is 5.82. The molecule has 1 aromatic carbocycles. The van der Waals surface area contributed by atoms with Crippen LogP contribution in [0, 0.1) is 6.92 Å². The van der Waals surface area contributed by atoms with Crippen LogP contribution in [0.5, 0.6) is 0 Å². The molecule has 5 nitrogen and oxygen atoms in total. The zero-order valence-corrected chi connectivity index (χ0v) is 13.2. The van der Waals surface area contributed by atoms with E-state index in [1.165, 1.54) is 24.4 Å². The lowest BCUT2D eigenvalue weighted by molar-refractivity contribution is 0.584. The first-order valence-corrected chi connectivity index (χ1v) is 8.06. The second kappa shape index (κ2) is 6.43. The highest BCUT2D eigenvalue weighted by Gasteiger charge is 2.11. The zero-order valence-electron chi connectivity index (χ0n) is 10.9. The molecule has 0 saturated carbocycles. The van der Waals surface area contributed by atoms with Crippen molar-refractivity contribution >= 4 is 39.4 Å². The lowest BCUT2D eigenvalue weighted by Gasteiger charge is -2.03. The average molecular weight is 344 g/mol. The molecule has 0 aliphatic rings. The van der Waals surface area contributed by atoms with Gasteiger partial charge in [-0.3, -0.25) is 0 Å². The Balaban J connectivity index is 2.14. The van der Waals surface area contributed by atoms with Gasteiger partial charge in [0, 0.05) is 5.56 Å². The summed E-state index contributed by atoms with van der Waals surface area (Å²) in [6, 6.07) is 9.54. The number of nitrogens with zero attached hydrogens (tertiary/aromatic N) is 2. The van der Waals surface area contributed by atoms with Crippen LogP contribution in [0.25, 0.3) is 0 Å². The Morgan fingerprint density at radius 3 is 2.43 bits per heavy atom. The molecule has 110 valence electrons. The molecule has 0 saturated heterocycles. The maximum absolute atomic E-state index is 12.0. The van der Waals surface area contributed by atoms with Crippen molar-refractivity contribution in [3.05, 3.63) is 57.8 Å². The van der Waals surface area contributed by atoms with Gasteiger partial charge in [0.05, 0.1) is 11.1 Å². The number of sulfonamides is 1. The van der Waals surface area contributed by atoms with Gasteiger partial charge in [-0.1, -0.05) is 40.9 Å². The molecule has 0 amide bonds. The summed E-state index contributed by atoms with van der Waals surface area (Å²) < 4.78 is 24.0.